The predicted octanol–water partition coefficient (Wildman–Crippen LogP) is 6.48. The number of anilines is 2. The third-order valence-electron chi connectivity index (χ3n) is 7.43. The van der Waals surface area contributed by atoms with Gasteiger partial charge in [0.1, 0.15) is 5.75 Å². The number of methoxy groups -OCH3 is 1. The van der Waals surface area contributed by atoms with Crippen molar-refractivity contribution in [1.29, 1.82) is 0 Å². The second kappa shape index (κ2) is 10.5. The molecule has 0 aliphatic heterocycles. The number of carbonyl (C=O) groups excluding carboxylic acids is 1. The minimum atomic E-state index is -0.290. The third kappa shape index (κ3) is 5.50. The summed E-state index contributed by atoms with van der Waals surface area (Å²) in [5, 5.41) is 0. The van der Waals surface area contributed by atoms with E-state index in [1.54, 1.807) is 18.5 Å². The monoisotopic (exact) mass is 470 g/mol. The lowest BCUT2D eigenvalue weighted by Crippen LogP contribution is -2.15. The molecule has 0 amide bonds. The smallest absolute Gasteiger partial charge is 0.338 e. The van der Waals surface area contributed by atoms with E-state index in [4.69, 9.17) is 9.47 Å². The molecule has 182 valence electrons. The quantitative estimate of drug-likeness (QED) is 0.335. The van der Waals surface area contributed by atoms with Crippen molar-refractivity contribution in [3.8, 4) is 5.75 Å². The summed E-state index contributed by atoms with van der Waals surface area (Å²) in [6, 6.07) is 17.1. The Morgan fingerprint density at radius 3 is 2.63 bits per heavy atom. The van der Waals surface area contributed by atoms with Crippen LogP contribution in [0.2, 0.25) is 0 Å². The Morgan fingerprint density at radius 2 is 1.86 bits per heavy atom. The third-order valence-corrected chi connectivity index (χ3v) is 7.43. The number of rotatable bonds is 9. The molecular weight excluding hydrogens is 436 g/mol. The van der Waals surface area contributed by atoms with E-state index in [1.165, 1.54) is 49.6 Å². The molecule has 1 saturated carbocycles. The number of benzene rings is 2. The molecule has 0 bridgehead atoms. The van der Waals surface area contributed by atoms with Crippen LogP contribution in [0.3, 0.4) is 0 Å². The van der Waals surface area contributed by atoms with Crippen molar-refractivity contribution in [3.05, 3.63) is 83.2 Å². The van der Waals surface area contributed by atoms with Gasteiger partial charge in [0.15, 0.2) is 0 Å². The fraction of sp³-hybridized carbons (Fsp3) is 0.400. The fourth-order valence-electron chi connectivity index (χ4n) is 5.09. The summed E-state index contributed by atoms with van der Waals surface area (Å²) in [5.41, 5.74) is 6.83. The molecule has 0 unspecified atom stereocenters. The second-order valence-electron chi connectivity index (χ2n) is 9.84. The zero-order valence-corrected chi connectivity index (χ0v) is 20.7. The van der Waals surface area contributed by atoms with Gasteiger partial charge in [0.25, 0.3) is 0 Å². The van der Waals surface area contributed by atoms with Crippen LogP contribution in [0.5, 0.6) is 5.75 Å². The summed E-state index contributed by atoms with van der Waals surface area (Å²) < 4.78 is 10.8. The van der Waals surface area contributed by atoms with Crippen molar-refractivity contribution in [2.24, 2.45) is 5.92 Å². The Morgan fingerprint density at radius 1 is 1.06 bits per heavy atom. The van der Waals surface area contributed by atoms with Crippen LogP contribution in [0.25, 0.3) is 0 Å². The van der Waals surface area contributed by atoms with Gasteiger partial charge in [-0.3, -0.25) is 4.98 Å². The summed E-state index contributed by atoms with van der Waals surface area (Å²) >= 11 is 0. The van der Waals surface area contributed by atoms with Crippen LogP contribution in [0.1, 0.15) is 65.1 Å². The first kappa shape index (κ1) is 23.4. The number of hydrogen-bond acceptors (Lipinski definition) is 5. The van der Waals surface area contributed by atoms with Crippen LogP contribution >= 0.6 is 0 Å². The van der Waals surface area contributed by atoms with E-state index in [0.29, 0.717) is 11.5 Å². The van der Waals surface area contributed by atoms with Crippen molar-refractivity contribution in [1.82, 2.24) is 4.98 Å². The van der Waals surface area contributed by atoms with Crippen molar-refractivity contribution < 1.29 is 14.3 Å². The molecule has 0 N–H and O–H groups in total. The molecule has 1 atom stereocenters. The number of hydrogen-bond donors (Lipinski definition) is 0. The minimum absolute atomic E-state index is 0.290. The Kier molecular flexibility index (Phi) is 7.03. The van der Waals surface area contributed by atoms with E-state index in [0.717, 1.165) is 48.8 Å². The molecule has 5 rings (SSSR count). The molecule has 3 aromatic rings. The van der Waals surface area contributed by atoms with Crippen LogP contribution < -0.4 is 9.64 Å². The van der Waals surface area contributed by atoms with Gasteiger partial charge in [-0.1, -0.05) is 6.07 Å². The standard InChI is InChI=1S/C30H34N2O3/c1-32(25-10-13-27(14-11-25)35-20-21-6-7-21)26-12-15-28-22(4-3-5-23(28)18-26)8-9-24-19-31-17-16-29(24)30(33)34-2/h10-19,21-22H,3-9,20H2,1-2H3/t22-/m0/s1. The zero-order valence-electron chi connectivity index (χ0n) is 20.7. The molecule has 2 aliphatic rings. The minimum Gasteiger partial charge on any atom is -0.493 e. The van der Waals surface area contributed by atoms with E-state index in [2.05, 4.69) is 59.4 Å². The van der Waals surface area contributed by atoms with E-state index < -0.39 is 0 Å². The number of ether oxygens (including phenoxy) is 2. The highest BCUT2D eigenvalue weighted by Crippen LogP contribution is 2.38. The fourth-order valence-corrected chi connectivity index (χ4v) is 5.09. The number of carbonyl (C=O) groups is 1. The molecule has 0 spiro atoms. The van der Waals surface area contributed by atoms with E-state index in [-0.39, 0.29) is 5.97 Å². The van der Waals surface area contributed by atoms with Crippen molar-refractivity contribution >= 4 is 17.3 Å². The first-order valence-electron chi connectivity index (χ1n) is 12.7. The first-order chi connectivity index (χ1) is 17.1. The van der Waals surface area contributed by atoms with Crippen molar-refractivity contribution in [3.63, 3.8) is 0 Å². The number of esters is 1. The Bertz CT molecular complexity index is 1170. The molecule has 5 nitrogen and oxygen atoms in total. The largest absolute Gasteiger partial charge is 0.493 e. The van der Waals surface area contributed by atoms with Crippen LogP contribution in [-0.4, -0.2) is 31.7 Å². The van der Waals surface area contributed by atoms with Crippen molar-refractivity contribution in [2.45, 2.75) is 50.9 Å². The Hall–Kier alpha value is -3.34. The maximum absolute atomic E-state index is 12.1. The number of aryl methyl sites for hydroxylation is 2. The molecule has 5 heteroatoms. The van der Waals surface area contributed by atoms with E-state index >= 15 is 0 Å². The Labute approximate surface area is 208 Å². The first-order valence-corrected chi connectivity index (χ1v) is 12.7. The average Bonchev–Trinajstić information content (AvgIpc) is 3.74. The van der Waals surface area contributed by atoms with Gasteiger partial charge in [-0.25, -0.2) is 4.79 Å². The molecule has 0 radical (unpaired) electrons. The maximum Gasteiger partial charge on any atom is 0.338 e. The highest BCUT2D eigenvalue weighted by Gasteiger charge is 2.23. The van der Waals surface area contributed by atoms with Gasteiger partial charge in [-0.15, -0.1) is 0 Å². The highest BCUT2D eigenvalue weighted by molar-refractivity contribution is 5.90. The number of pyridine rings is 1. The van der Waals surface area contributed by atoms with E-state index in [9.17, 15) is 4.79 Å². The topological polar surface area (TPSA) is 51.7 Å². The molecule has 1 heterocycles. The second-order valence-corrected chi connectivity index (χ2v) is 9.84. The van der Waals surface area contributed by atoms with Gasteiger partial charge in [-0.2, -0.15) is 0 Å². The Balaban J connectivity index is 1.26. The molecule has 1 aromatic heterocycles. The van der Waals surface area contributed by atoms with Gasteiger partial charge in [0.05, 0.1) is 19.3 Å². The van der Waals surface area contributed by atoms with Gasteiger partial charge in [0, 0.05) is 30.8 Å². The molecule has 0 saturated heterocycles. The van der Waals surface area contributed by atoms with Crippen molar-refractivity contribution in [2.75, 3.05) is 25.7 Å². The molecule has 2 aromatic carbocycles. The van der Waals surface area contributed by atoms with E-state index in [1.807, 2.05) is 0 Å². The number of fused-ring (bicyclic) bond motifs is 1. The van der Waals surface area contributed by atoms with Crippen LogP contribution in [0.15, 0.2) is 60.9 Å². The molecular formula is C30H34N2O3. The summed E-state index contributed by atoms with van der Waals surface area (Å²) in [4.78, 5) is 18.6. The van der Waals surface area contributed by atoms with Gasteiger partial charge < -0.3 is 14.4 Å². The molecule has 1 fully saturated rings. The molecule has 2 aliphatic carbocycles. The SMILES string of the molecule is COC(=O)c1ccncc1CC[C@@H]1CCCc2cc(N(C)c3ccc(OCC4CC4)cc3)ccc21. The highest BCUT2D eigenvalue weighted by atomic mass is 16.5. The normalized spacial score (nSPS) is 16.9. The van der Waals surface area contributed by atoms with Gasteiger partial charge >= 0.3 is 5.97 Å². The predicted molar refractivity (Wildman–Crippen MR) is 139 cm³/mol. The lowest BCUT2D eigenvalue weighted by Gasteiger charge is -2.28. The van der Waals surface area contributed by atoms with Crippen LogP contribution in [-0.2, 0) is 17.6 Å². The van der Waals surface area contributed by atoms with Crippen LogP contribution in [0.4, 0.5) is 11.4 Å². The number of aromatic nitrogens is 1. The van der Waals surface area contributed by atoms with Gasteiger partial charge in [-0.05, 0) is 116 Å². The zero-order chi connectivity index (χ0) is 24.2. The average molecular weight is 471 g/mol. The molecule has 35 heavy (non-hydrogen) atoms. The lowest BCUT2D eigenvalue weighted by molar-refractivity contribution is 0.0599. The van der Waals surface area contributed by atoms with Crippen LogP contribution in [0, 0.1) is 5.92 Å². The summed E-state index contributed by atoms with van der Waals surface area (Å²) in [7, 11) is 3.55. The summed E-state index contributed by atoms with van der Waals surface area (Å²) in [6.45, 7) is 0.839. The summed E-state index contributed by atoms with van der Waals surface area (Å²) in [6.07, 6.45) is 11.4. The maximum atomic E-state index is 12.1. The van der Waals surface area contributed by atoms with Gasteiger partial charge in [0.2, 0.25) is 0 Å². The summed E-state index contributed by atoms with van der Waals surface area (Å²) in [5.74, 6) is 1.91. The number of nitrogens with zero attached hydrogens (tertiary/aromatic N) is 2. The lowest BCUT2D eigenvalue weighted by atomic mass is 9.79.